The number of nitrogens with one attached hydrogen (secondary N) is 2. The van der Waals surface area contributed by atoms with Crippen LogP contribution in [0.15, 0.2) is 97.2 Å². The number of fused-ring (bicyclic) bond motifs is 1. The molecule has 8 heteroatoms. The number of pyridine rings is 1. The van der Waals surface area contributed by atoms with E-state index >= 15 is 0 Å². The predicted molar refractivity (Wildman–Crippen MR) is 152 cm³/mol. The summed E-state index contributed by atoms with van der Waals surface area (Å²) in [5.74, 6) is -0.253. The maximum absolute atomic E-state index is 13.5. The summed E-state index contributed by atoms with van der Waals surface area (Å²) < 4.78 is 24.6. The van der Waals surface area contributed by atoms with Crippen molar-refractivity contribution in [1.29, 1.82) is 0 Å². The first-order valence-electron chi connectivity index (χ1n) is 12.5. The molecule has 1 amide bonds. The predicted octanol–water partition coefficient (Wildman–Crippen LogP) is 6.57. The van der Waals surface area contributed by atoms with Crippen molar-refractivity contribution in [2.45, 2.75) is 13.8 Å². The molecule has 2 heterocycles. The zero-order valence-corrected chi connectivity index (χ0v) is 22.1. The topological polar surface area (TPSA) is 89.6 Å². The molecule has 0 fully saturated rings. The molecule has 38 heavy (non-hydrogen) atoms. The summed E-state index contributed by atoms with van der Waals surface area (Å²) in [6.45, 7) is 4.01. The fourth-order valence-electron chi connectivity index (χ4n) is 4.39. The summed E-state index contributed by atoms with van der Waals surface area (Å²) in [6, 6.07) is 28.5. The van der Waals surface area contributed by atoms with E-state index in [1.165, 1.54) is 0 Å². The van der Waals surface area contributed by atoms with Crippen molar-refractivity contribution in [3.05, 3.63) is 108 Å². The highest BCUT2D eigenvalue weighted by Gasteiger charge is 2.33. The molecular formula is C30H28N3O4P. The van der Waals surface area contributed by atoms with E-state index in [4.69, 9.17) is 9.05 Å². The molecule has 0 atom stereocenters. The second-order valence-electron chi connectivity index (χ2n) is 8.55. The van der Waals surface area contributed by atoms with Crippen molar-refractivity contribution in [2.75, 3.05) is 23.8 Å². The quantitative estimate of drug-likeness (QED) is 0.190. The van der Waals surface area contributed by atoms with Gasteiger partial charge in [-0.1, -0.05) is 48.5 Å². The Kier molecular flexibility index (Phi) is 7.52. The molecule has 3 aromatic carbocycles. The molecule has 0 spiro atoms. The average Bonchev–Trinajstić information content (AvgIpc) is 3.28. The van der Waals surface area contributed by atoms with Crippen LogP contribution in [0, 0.1) is 0 Å². The Bertz CT molecular complexity index is 1510. The summed E-state index contributed by atoms with van der Waals surface area (Å²) in [6.07, 6.45) is 1.76. The van der Waals surface area contributed by atoms with Crippen molar-refractivity contribution < 1.29 is 18.4 Å². The minimum absolute atomic E-state index is 0.236. The smallest absolute Gasteiger partial charge is 0.354 e. The lowest BCUT2D eigenvalue weighted by molar-refractivity contribution is -0.110. The van der Waals surface area contributed by atoms with Gasteiger partial charge in [0, 0.05) is 28.7 Å². The molecule has 5 rings (SSSR count). The number of hydrogen-bond acceptors (Lipinski definition) is 6. The molecule has 1 aromatic heterocycles. The summed E-state index contributed by atoms with van der Waals surface area (Å²) in [5, 5.41) is 6.81. The maximum atomic E-state index is 13.5. The molecule has 0 aliphatic carbocycles. The van der Waals surface area contributed by atoms with Gasteiger partial charge in [0.05, 0.1) is 35.5 Å². The Morgan fingerprint density at radius 1 is 0.895 bits per heavy atom. The van der Waals surface area contributed by atoms with Crippen LogP contribution in [-0.4, -0.2) is 24.1 Å². The third-order valence-corrected chi connectivity index (χ3v) is 8.20. The molecule has 0 saturated heterocycles. The fraction of sp³-hybridized carbons (Fsp3) is 0.133. The van der Waals surface area contributed by atoms with Crippen molar-refractivity contribution in [3.8, 4) is 11.3 Å². The van der Waals surface area contributed by atoms with Crippen LogP contribution < -0.4 is 15.9 Å². The molecule has 1 aliphatic rings. The summed E-state index contributed by atoms with van der Waals surface area (Å²) >= 11 is 0. The third kappa shape index (κ3) is 5.18. The van der Waals surface area contributed by atoms with Gasteiger partial charge in [-0.2, -0.15) is 0 Å². The van der Waals surface area contributed by atoms with Crippen molar-refractivity contribution in [2.24, 2.45) is 0 Å². The summed E-state index contributed by atoms with van der Waals surface area (Å²) in [7, 11) is -3.54. The van der Waals surface area contributed by atoms with Gasteiger partial charge in [0.2, 0.25) is 0 Å². The molecule has 1 aliphatic heterocycles. The van der Waals surface area contributed by atoms with E-state index in [9.17, 15) is 9.36 Å². The molecule has 0 bridgehead atoms. The zero-order valence-electron chi connectivity index (χ0n) is 21.2. The highest BCUT2D eigenvalue weighted by atomic mass is 31.2. The molecule has 2 N–H and O–H groups in total. The van der Waals surface area contributed by atoms with Gasteiger partial charge in [0.15, 0.2) is 0 Å². The van der Waals surface area contributed by atoms with Gasteiger partial charge in [0.25, 0.3) is 5.91 Å². The molecule has 0 unspecified atom stereocenters. The highest BCUT2D eigenvalue weighted by Crippen LogP contribution is 2.48. The van der Waals surface area contributed by atoms with E-state index in [-0.39, 0.29) is 19.1 Å². The summed E-state index contributed by atoms with van der Waals surface area (Å²) in [5.41, 5.74) is 5.85. The highest BCUT2D eigenvalue weighted by molar-refractivity contribution is 7.62. The van der Waals surface area contributed by atoms with E-state index in [2.05, 4.69) is 15.6 Å². The normalized spacial score (nSPS) is 14.1. The molecule has 0 radical (unpaired) electrons. The standard InChI is InChI=1S/C30H28N3O4P/c1-3-36-38(35,37-4-2)24-17-18-27-25(20-24)28(30(34)33-27)29(22-10-6-5-7-11-22)32-23-15-13-21(14-16-23)26-12-8-9-19-31-26/h5-20,32H,3-4H2,1-2H3,(H,33,34). The van der Waals surface area contributed by atoms with Crippen LogP contribution in [0.3, 0.4) is 0 Å². The number of carbonyl (C=O) groups excluding carboxylic acids is 1. The largest absolute Gasteiger partial charge is 0.361 e. The first kappa shape index (κ1) is 25.6. The lowest BCUT2D eigenvalue weighted by Crippen LogP contribution is -2.12. The van der Waals surface area contributed by atoms with Crippen LogP contribution in [-0.2, 0) is 18.4 Å². The number of carbonyl (C=O) groups is 1. The molecule has 4 aromatic rings. The Morgan fingerprint density at radius 2 is 1.61 bits per heavy atom. The fourth-order valence-corrected chi connectivity index (χ4v) is 5.98. The van der Waals surface area contributed by atoms with Gasteiger partial charge in [0.1, 0.15) is 0 Å². The third-order valence-electron chi connectivity index (χ3n) is 6.09. The van der Waals surface area contributed by atoms with Crippen molar-refractivity contribution in [1.82, 2.24) is 4.98 Å². The second kappa shape index (κ2) is 11.2. The number of amides is 1. The molecule has 7 nitrogen and oxygen atoms in total. The summed E-state index contributed by atoms with van der Waals surface area (Å²) in [4.78, 5) is 17.8. The van der Waals surface area contributed by atoms with Crippen LogP contribution in [0.25, 0.3) is 22.5 Å². The van der Waals surface area contributed by atoms with Crippen LogP contribution in [0.4, 0.5) is 11.4 Å². The Balaban J connectivity index is 1.60. The van der Waals surface area contributed by atoms with Crippen molar-refractivity contribution in [3.63, 3.8) is 0 Å². The Labute approximate surface area is 222 Å². The average molecular weight is 526 g/mol. The van der Waals surface area contributed by atoms with E-state index in [1.54, 1.807) is 38.2 Å². The maximum Gasteiger partial charge on any atom is 0.361 e. The molecule has 192 valence electrons. The number of benzene rings is 3. The van der Waals surface area contributed by atoms with Gasteiger partial charge >= 0.3 is 7.60 Å². The van der Waals surface area contributed by atoms with E-state index < -0.39 is 7.60 Å². The minimum atomic E-state index is -3.54. The zero-order chi connectivity index (χ0) is 26.5. The van der Waals surface area contributed by atoms with Gasteiger partial charge in [-0.05, 0) is 61.9 Å². The number of rotatable bonds is 9. The monoisotopic (exact) mass is 525 g/mol. The number of aromatic nitrogens is 1. The van der Waals surface area contributed by atoms with Gasteiger partial charge in [-0.25, -0.2) is 0 Å². The Morgan fingerprint density at radius 3 is 2.26 bits per heavy atom. The minimum Gasteiger partial charge on any atom is -0.354 e. The lowest BCUT2D eigenvalue weighted by Gasteiger charge is -2.18. The number of nitrogens with zero attached hydrogens (tertiary/aromatic N) is 1. The van der Waals surface area contributed by atoms with E-state index in [0.29, 0.717) is 27.8 Å². The van der Waals surface area contributed by atoms with Crippen LogP contribution in [0.2, 0.25) is 0 Å². The van der Waals surface area contributed by atoms with Crippen LogP contribution in [0.5, 0.6) is 0 Å². The molecule has 0 saturated carbocycles. The lowest BCUT2D eigenvalue weighted by atomic mass is 10.00. The van der Waals surface area contributed by atoms with Gasteiger partial charge in [-0.3, -0.25) is 14.3 Å². The number of anilines is 2. The van der Waals surface area contributed by atoms with Crippen molar-refractivity contribution >= 4 is 41.5 Å². The molecular weight excluding hydrogens is 497 g/mol. The first-order chi connectivity index (χ1) is 18.5. The van der Waals surface area contributed by atoms with Crippen LogP contribution >= 0.6 is 7.60 Å². The first-order valence-corrected chi connectivity index (χ1v) is 14.0. The number of hydrogen-bond donors (Lipinski definition) is 2. The SMILES string of the molecule is CCOP(=O)(OCC)c1ccc2c(c1)C(=C(Nc1ccc(-c3ccccn3)cc1)c1ccccc1)C(=O)N2. The van der Waals surface area contributed by atoms with E-state index in [0.717, 1.165) is 22.5 Å². The van der Waals surface area contributed by atoms with Gasteiger partial charge < -0.3 is 19.7 Å². The Hall–Kier alpha value is -4.03. The van der Waals surface area contributed by atoms with E-state index in [1.807, 2.05) is 72.8 Å². The second-order valence-corrected chi connectivity index (χ2v) is 10.6. The van der Waals surface area contributed by atoms with Gasteiger partial charge in [-0.15, -0.1) is 0 Å². The van der Waals surface area contributed by atoms with Crippen LogP contribution in [0.1, 0.15) is 25.0 Å².